The molecule has 0 spiro atoms. The average molecular weight is 372 g/mol. The summed E-state index contributed by atoms with van der Waals surface area (Å²) < 4.78 is 1.89. The third-order valence-corrected chi connectivity index (χ3v) is 4.46. The Morgan fingerprint density at radius 1 is 1.00 bits per heavy atom. The van der Waals surface area contributed by atoms with Gasteiger partial charge in [0.1, 0.15) is 11.2 Å². The Labute approximate surface area is 160 Å². The molecule has 4 rings (SSSR count). The summed E-state index contributed by atoms with van der Waals surface area (Å²) in [5.41, 5.74) is 2.04. The van der Waals surface area contributed by atoms with Crippen LogP contribution in [0.5, 0.6) is 0 Å². The number of aromatic nitrogens is 2. The van der Waals surface area contributed by atoms with Crippen molar-refractivity contribution >= 4 is 22.9 Å². The molecule has 2 heterocycles. The summed E-state index contributed by atoms with van der Waals surface area (Å²) in [4.78, 5) is 30.1. The van der Waals surface area contributed by atoms with Crippen molar-refractivity contribution in [3.8, 4) is 0 Å². The Morgan fingerprint density at radius 3 is 2.50 bits per heavy atom. The number of rotatable bonds is 5. The standard InChI is InChI=1S/C21H16N4O3/c26-21(18-10-4-5-11-19(18)25(27)28)24(16-8-2-1-3-9-16)15-17-14-22-20-12-6-7-13-23(17)20/h1-14H,15H2. The van der Waals surface area contributed by atoms with E-state index in [-0.39, 0.29) is 17.8 Å². The van der Waals surface area contributed by atoms with Crippen molar-refractivity contribution in [1.29, 1.82) is 0 Å². The zero-order valence-electron chi connectivity index (χ0n) is 14.8. The molecular formula is C21H16N4O3. The first-order valence-electron chi connectivity index (χ1n) is 8.66. The third-order valence-electron chi connectivity index (χ3n) is 4.46. The Morgan fingerprint density at radius 2 is 1.71 bits per heavy atom. The van der Waals surface area contributed by atoms with Gasteiger partial charge >= 0.3 is 0 Å². The van der Waals surface area contributed by atoms with E-state index in [9.17, 15) is 14.9 Å². The summed E-state index contributed by atoms with van der Waals surface area (Å²) in [7, 11) is 0. The fraction of sp³-hybridized carbons (Fsp3) is 0.0476. The summed E-state index contributed by atoms with van der Waals surface area (Å²) in [6.07, 6.45) is 3.58. The first-order valence-corrected chi connectivity index (χ1v) is 8.66. The van der Waals surface area contributed by atoms with E-state index >= 15 is 0 Å². The van der Waals surface area contributed by atoms with Crippen molar-refractivity contribution < 1.29 is 9.72 Å². The summed E-state index contributed by atoms with van der Waals surface area (Å²) in [5.74, 6) is -0.440. The highest BCUT2D eigenvalue weighted by Gasteiger charge is 2.26. The number of carbonyl (C=O) groups excluding carboxylic acids is 1. The molecule has 0 aliphatic rings. The number of nitro benzene ring substituents is 1. The maximum Gasteiger partial charge on any atom is 0.282 e. The summed E-state index contributed by atoms with van der Waals surface area (Å²) in [6.45, 7) is 0.222. The van der Waals surface area contributed by atoms with Crippen LogP contribution in [0.15, 0.2) is 85.2 Å². The van der Waals surface area contributed by atoms with E-state index in [1.165, 1.54) is 17.0 Å². The fourth-order valence-corrected chi connectivity index (χ4v) is 3.11. The van der Waals surface area contributed by atoms with Crippen molar-refractivity contribution in [2.45, 2.75) is 6.54 Å². The van der Waals surface area contributed by atoms with Gasteiger partial charge in [0, 0.05) is 18.0 Å². The Hall–Kier alpha value is -4.00. The van der Waals surface area contributed by atoms with Crippen LogP contribution in [0, 0.1) is 10.1 Å². The normalized spacial score (nSPS) is 10.7. The number of anilines is 1. The van der Waals surface area contributed by atoms with Crippen molar-refractivity contribution in [3.05, 3.63) is 107 Å². The van der Waals surface area contributed by atoms with E-state index in [1.807, 2.05) is 47.0 Å². The number of pyridine rings is 1. The molecule has 0 aliphatic heterocycles. The molecule has 0 N–H and O–H groups in total. The van der Waals surface area contributed by atoms with Gasteiger partial charge in [-0.25, -0.2) is 4.98 Å². The van der Waals surface area contributed by atoms with E-state index in [0.717, 1.165) is 11.3 Å². The molecule has 2 aromatic heterocycles. The molecule has 2 aromatic carbocycles. The second-order valence-electron chi connectivity index (χ2n) is 6.18. The van der Waals surface area contributed by atoms with Crippen LogP contribution in [-0.2, 0) is 6.54 Å². The molecule has 0 radical (unpaired) electrons. The van der Waals surface area contributed by atoms with Gasteiger partial charge in [-0.2, -0.15) is 0 Å². The monoisotopic (exact) mass is 372 g/mol. The molecule has 138 valence electrons. The fourth-order valence-electron chi connectivity index (χ4n) is 3.11. The van der Waals surface area contributed by atoms with Gasteiger partial charge in [-0.1, -0.05) is 36.4 Å². The number of carbonyl (C=O) groups is 1. The Bertz CT molecular complexity index is 1150. The number of hydrogen-bond donors (Lipinski definition) is 0. The van der Waals surface area contributed by atoms with E-state index < -0.39 is 10.8 Å². The predicted molar refractivity (Wildman–Crippen MR) is 105 cm³/mol. The number of hydrogen-bond acceptors (Lipinski definition) is 4. The van der Waals surface area contributed by atoms with Crippen LogP contribution < -0.4 is 4.90 Å². The van der Waals surface area contributed by atoms with Gasteiger partial charge in [0.05, 0.1) is 23.4 Å². The Kier molecular flexibility index (Phi) is 4.55. The van der Waals surface area contributed by atoms with Gasteiger partial charge in [0.15, 0.2) is 0 Å². The molecule has 0 unspecified atom stereocenters. The molecule has 4 aromatic rings. The van der Waals surface area contributed by atoms with Crippen LogP contribution >= 0.6 is 0 Å². The number of para-hydroxylation sites is 2. The maximum absolute atomic E-state index is 13.3. The molecule has 7 heteroatoms. The minimum atomic E-state index is -0.537. The highest BCUT2D eigenvalue weighted by atomic mass is 16.6. The molecule has 0 bridgehead atoms. The summed E-state index contributed by atoms with van der Waals surface area (Å²) >= 11 is 0. The van der Waals surface area contributed by atoms with Crippen molar-refractivity contribution in [2.24, 2.45) is 0 Å². The molecule has 7 nitrogen and oxygen atoms in total. The number of benzene rings is 2. The maximum atomic E-state index is 13.3. The summed E-state index contributed by atoms with van der Waals surface area (Å²) in [5, 5.41) is 11.4. The highest BCUT2D eigenvalue weighted by Crippen LogP contribution is 2.25. The van der Waals surface area contributed by atoms with Gasteiger partial charge in [-0.15, -0.1) is 0 Å². The van der Waals surface area contributed by atoms with Gasteiger partial charge in [0.25, 0.3) is 11.6 Å². The Balaban J connectivity index is 1.79. The number of fused-ring (bicyclic) bond motifs is 1. The second kappa shape index (κ2) is 7.32. The molecule has 0 atom stereocenters. The van der Waals surface area contributed by atoms with Crippen molar-refractivity contribution in [2.75, 3.05) is 4.90 Å². The molecule has 0 fully saturated rings. The largest absolute Gasteiger partial charge is 0.302 e. The third kappa shape index (κ3) is 3.21. The van der Waals surface area contributed by atoms with Gasteiger partial charge in [-0.3, -0.25) is 14.9 Å². The van der Waals surface area contributed by atoms with Crippen LogP contribution in [0.1, 0.15) is 16.1 Å². The smallest absolute Gasteiger partial charge is 0.282 e. The molecular weight excluding hydrogens is 356 g/mol. The van der Waals surface area contributed by atoms with Gasteiger partial charge in [-0.05, 0) is 30.3 Å². The molecule has 28 heavy (non-hydrogen) atoms. The lowest BCUT2D eigenvalue weighted by Gasteiger charge is -2.22. The van der Waals surface area contributed by atoms with E-state index in [1.54, 1.807) is 30.5 Å². The van der Waals surface area contributed by atoms with Crippen LogP contribution in [0.25, 0.3) is 5.65 Å². The minimum Gasteiger partial charge on any atom is -0.302 e. The first kappa shape index (κ1) is 17.4. The van der Waals surface area contributed by atoms with Crippen LogP contribution in [0.3, 0.4) is 0 Å². The topological polar surface area (TPSA) is 80.8 Å². The average Bonchev–Trinajstić information content (AvgIpc) is 3.15. The zero-order valence-corrected chi connectivity index (χ0v) is 14.8. The van der Waals surface area contributed by atoms with Crippen molar-refractivity contribution in [3.63, 3.8) is 0 Å². The van der Waals surface area contributed by atoms with E-state index in [0.29, 0.717) is 5.69 Å². The lowest BCUT2D eigenvalue weighted by molar-refractivity contribution is -0.385. The van der Waals surface area contributed by atoms with Crippen LogP contribution in [0.4, 0.5) is 11.4 Å². The zero-order chi connectivity index (χ0) is 19.5. The summed E-state index contributed by atoms with van der Waals surface area (Å²) in [6, 6.07) is 20.7. The lowest BCUT2D eigenvalue weighted by Crippen LogP contribution is -2.31. The first-order chi connectivity index (χ1) is 13.6. The van der Waals surface area contributed by atoms with Gasteiger partial charge < -0.3 is 9.30 Å². The number of amides is 1. The van der Waals surface area contributed by atoms with Gasteiger partial charge in [0.2, 0.25) is 0 Å². The van der Waals surface area contributed by atoms with E-state index in [2.05, 4.69) is 4.98 Å². The highest BCUT2D eigenvalue weighted by molar-refractivity contribution is 6.08. The molecule has 0 saturated heterocycles. The number of imidazole rings is 1. The molecule has 1 amide bonds. The minimum absolute atomic E-state index is 0.0465. The molecule has 0 saturated carbocycles. The van der Waals surface area contributed by atoms with Crippen LogP contribution in [0.2, 0.25) is 0 Å². The number of nitrogens with zero attached hydrogens (tertiary/aromatic N) is 4. The quantitative estimate of drug-likeness (QED) is 0.390. The van der Waals surface area contributed by atoms with E-state index in [4.69, 9.17) is 0 Å². The predicted octanol–water partition coefficient (Wildman–Crippen LogP) is 4.09. The van der Waals surface area contributed by atoms with Crippen molar-refractivity contribution in [1.82, 2.24) is 9.38 Å². The van der Waals surface area contributed by atoms with Crippen LogP contribution in [-0.4, -0.2) is 20.2 Å². The SMILES string of the molecule is O=C(c1ccccc1[N+](=O)[O-])N(Cc1cnc2ccccn12)c1ccccc1. The number of nitro groups is 1. The second-order valence-corrected chi connectivity index (χ2v) is 6.18. The molecule has 0 aliphatic carbocycles. The lowest BCUT2D eigenvalue weighted by atomic mass is 10.1.